The summed E-state index contributed by atoms with van der Waals surface area (Å²) < 4.78 is 4.89. The first kappa shape index (κ1) is 12.3. The highest BCUT2D eigenvalue weighted by Gasteiger charge is 2.32. The Balaban J connectivity index is 1.84. The molecule has 0 aliphatic heterocycles. The molecule has 98 valence electrons. The molecule has 19 heavy (non-hydrogen) atoms. The van der Waals surface area contributed by atoms with Crippen LogP contribution in [0.15, 0.2) is 41.0 Å². The van der Waals surface area contributed by atoms with Gasteiger partial charge in [0.05, 0.1) is 24.0 Å². The quantitative estimate of drug-likeness (QED) is 0.885. The van der Waals surface area contributed by atoms with Gasteiger partial charge in [-0.1, -0.05) is 24.3 Å². The third kappa shape index (κ3) is 2.13. The number of furan rings is 1. The summed E-state index contributed by atoms with van der Waals surface area (Å²) in [7, 11) is 0. The van der Waals surface area contributed by atoms with Gasteiger partial charge >= 0.3 is 0 Å². The average Bonchev–Trinajstić information content (AvgIpc) is 2.94. The van der Waals surface area contributed by atoms with Crippen LogP contribution in [0.2, 0.25) is 5.22 Å². The summed E-state index contributed by atoms with van der Waals surface area (Å²) in [5.41, 5.74) is 2.28. The molecule has 4 nitrogen and oxygen atoms in total. The zero-order valence-electron chi connectivity index (χ0n) is 9.97. The van der Waals surface area contributed by atoms with Crippen LogP contribution in [0.25, 0.3) is 0 Å². The molecule has 3 rings (SSSR count). The standard InChI is InChI=1S/C14H12ClNO3/c15-13-10(5-6-19-13)14(18)16-12-9-4-2-1-3-8(9)7-11(12)17/h1-6,11-12,17H,7H2,(H,16,18)/t11-,12+/m0/s1. The van der Waals surface area contributed by atoms with Crippen LogP contribution in [-0.2, 0) is 6.42 Å². The van der Waals surface area contributed by atoms with Gasteiger partial charge in [-0.3, -0.25) is 4.79 Å². The summed E-state index contributed by atoms with van der Waals surface area (Å²) in [5, 5.41) is 12.9. The molecule has 0 fully saturated rings. The van der Waals surface area contributed by atoms with E-state index in [1.54, 1.807) is 0 Å². The number of fused-ring (bicyclic) bond motifs is 1. The minimum absolute atomic E-state index is 0.0540. The van der Waals surface area contributed by atoms with E-state index in [9.17, 15) is 9.90 Å². The second-order valence-electron chi connectivity index (χ2n) is 4.53. The smallest absolute Gasteiger partial charge is 0.256 e. The molecule has 1 aromatic heterocycles. The van der Waals surface area contributed by atoms with E-state index in [0.717, 1.165) is 11.1 Å². The number of carbonyl (C=O) groups excluding carboxylic acids is 1. The number of halogens is 1. The number of hydrogen-bond donors (Lipinski definition) is 2. The van der Waals surface area contributed by atoms with E-state index in [-0.39, 0.29) is 16.7 Å². The molecule has 1 heterocycles. The van der Waals surface area contributed by atoms with E-state index in [1.165, 1.54) is 12.3 Å². The Labute approximate surface area is 115 Å². The van der Waals surface area contributed by atoms with Gasteiger partial charge in [0.1, 0.15) is 0 Å². The molecule has 1 aliphatic rings. The maximum absolute atomic E-state index is 12.1. The van der Waals surface area contributed by atoms with Crippen molar-refractivity contribution in [3.8, 4) is 0 Å². The number of nitrogens with one attached hydrogen (secondary N) is 1. The highest BCUT2D eigenvalue weighted by molar-refractivity contribution is 6.32. The molecule has 2 atom stereocenters. The van der Waals surface area contributed by atoms with E-state index >= 15 is 0 Å². The van der Waals surface area contributed by atoms with E-state index in [1.807, 2.05) is 24.3 Å². The van der Waals surface area contributed by atoms with Crippen LogP contribution in [-0.4, -0.2) is 17.1 Å². The molecule has 0 saturated heterocycles. The maximum Gasteiger partial charge on any atom is 0.256 e. The number of aliphatic hydroxyl groups is 1. The van der Waals surface area contributed by atoms with Crippen molar-refractivity contribution in [3.05, 3.63) is 58.5 Å². The second-order valence-corrected chi connectivity index (χ2v) is 4.87. The van der Waals surface area contributed by atoms with Crippen LogP contribution in [0.3, 0.4) is 0 Å². The van der Waals surface area contributed by atoms with Gasteiger partial charge in [0.15, 0.2) is 0 Å². The summed E-state index contributed by atoms with van der Waals surface area (Å²) in [4.78, 5) is 12.1. The van der Waals surface area contributed by atoms with Crippen molar-refractivity contribution in [2.24, 2.45) is 0 Å². The van der Waals surface area contributed by atoms with Crippen molar-refractivity contribution in [2.45, 2.75) is 18.6 Å². The normalized spacial score (nSPS) is 21.2. The molecule has 1 aliphatic carbocycles. The minimum Gasteiger partial charge on any atom is -0.452 e. The number of benzene rings is 1. The van der Waals surface area contributed by atoms with Crippen molar-refractivity contribution in [1.82, 2.24) is 5.32 Å². The third-order valence-corrected chi connectivity index (χ3v) is 3.65. The van der Waals surface area contributed by atoms with Crippen LogP contribution in [0.5, 0.6) is 0 Å². The van der Waals surface area contributed by atoms with E-state index in [0.29, 0.717) is 6.42 Å². The van der Waals surface area contributed by atoms with Crippen LogP contribution in [0.1, 0.15) is 27.5 Å². The van der Waals surface area contributed by atoms with Gasteiger partial charge in [-0.2, -0.15) is 0 Å². The van der Waals surface area contributed by atoms with Gasteiger partial charge in [0.25, 0.3) is 5.91 Å². The Bertz CT molecular complexity index is 623. The fraction of sp³-hybridized carbons (Fsp3) is 0.214. The second kappa shape index (κ2) is 4.72. The van der Waals surface area contributed by atoms with E-state index in [2.05, 4.69) is 5.32 Å². The average molecular weight is 278 g/mol. The maximum atomic E-state index is 12.1. The summed E-state index contributed by atoms with van der Waals surface area (Å²) in [6, 6.07) is 8.77. The number of aliphatic hydroxyl groups excluding tert-OH is 1. The van der Waals surface area contributed by atoms with Crippen molar-refractivity contribution >= 4 is 17.5 Å². The zero-order chi connectivity index (χ0) is 13.4. The fourth-order valence-corrected chi connectivity index (χ4v) is 2.62. The predicted molar refractivity (Wildman–Crippen MR) is 70.1 cm³/mol. The van der Waals surface area contributed by atoms with Gasteiger partial charge in [0, 0.05) is 6.42 Å². The van der Waals surface area contributed by atoms with Crippen LogP contribution in [0, 0.1) is 0 Å². The number of hydrogen-bond acceptors (Lipinski definition) is 3. The number of rotatable bonds is 2. The molecule has 0 bridgehead atoms. The van der Waals surface area contributed by atoms with Crippen molar-refractivity contribution in [2.75, 3.05) is 0 Å². The Morgan fingerprint density at radius 3 is 2.89 bits per heavy atom. The summed E-state index contributed by atoms with van der Waals surface area (Å²) in [6.45, 7) is 0. The predicted octanol–water partition coefficient (Wildman–Crippen LogP) is 2.32. The first-order chi connectivity index (χ1) is 9.16. The molecule has 2 aromatic rings. The molecule has 0 spiro atoms. The van der Waals surface area contributed by atoms with Crippen LogP contribution >= 0.6 is 11.6 Å². The lowest BCUT2D eigenvalue weighted by molar-refractivity contribution is 0.0857. The lowest BCUT2D eigenvalue weighted by Gasteiger charge is -2.17. The molecular formula is C14H12ClNO3. The molecule has 0 radical (unpaired) electrons. The van der Waals surface area contributed by atoms with Crippen LogP contribution < -0.4 is 5.32 Å². The van der Waals surface area contributed by atoms with Gasteiger partial charge < -0.3 is 14.8 Å². The highest BCUT2D eigenvalue weighted by Crippen LogP contribution is 2.31. The van der Waals surface area contributed by atoms with Crippen molar-refractivity contribution in [3.63, 3.8) is 0 Å². The lowest BCUT2D eigenvalue weighted by atomic mass is 10.1. The molecule has 0 unspecified atom stereocenters. The number of carbonyl (C=O) groups is 1. The molecule has 5 heteroatoms. The topological polar surface area (TPSA) is 62.5 Å². The van der Waals surface area contributed by atoms with Gasteiger partial charge in [-0.25, -0.2) is 0 Å². The minimum atomic E-state index is -0.618. The third-order valence-electron chi connectivity index (χ3n) is 3.35. The largest absolute Gasteiger partial charge is 0.452 e. The lowest BCUT2D eigenvalue weighted by Crippen LogP contribution is -2.33. The summed E-state index contributed by atoms with van der Waals surface area (Å²) in [6.07, 6.45) is 1.28. The zero-order valence-corrected chi connectivity index (χ0v) is 10.7. The fourth-order valence-electron chi connectivity index (χ4n) is 2.42. The van der Waals surface area contributed by atoms with Crippen molar-refractivity contribution in [1.29, 1.82) is 0 Å². The van der Waals surface area contributed by atoms with Crippen LogP contribution in [0.4, 0.5) is 0 Å². The van der Waals surface area contributed by atoms with Gasteiger partial charge in [-0.05, 0) is 28.8 Å². The molecule has 0 saturated carbocycles. The van der Waals surface area contributed by atoms with E-state index in [4.69, 9.17) is 16.0 Å². The number of amides is 1. The Hall–Kier alpha value is -1.78. The summed E-state index contributed by atoms with van der Waals surface area (Å²) in [5.74, 6) is -0.348. The van der Waals surface area contributed by atoms with Gasteiger partial charge in [-0.15, -0.1) is 0 Å². The Morgan fingerprint density at radius 2 is 2.16 bits per heavy atom. The molecule has 1 aromatic carbocycles. The highest BCUT2D eigenvalue weighted by atomic mass is 35.5. The Kier molecular flexibility index (Phi) is 3.05. The first-order valence-electron chi connectivity index (χ1n) is 5.96. The molecule has 2 N–H and O–H groups in total. The van der Waals surface area contributed by atoms with Gasteiger partial charge in [0.2, 0.25) is 5.22 Å². The van der Waals surface area contributed by atoms with E-state index < -0.39 is 12.1 Å². The SMILES string of the molecule is O=C(N[C@@H]1c2ccccc2C[C@@H]1O)c1ccoc1Cl. The molecular weight excluding hydrogens is 266 g/mol. The monoisotopic (exact) mass is 277 g/mol. The van der Waals surface area contributed by atoms with Crippen molar-refractivity contribution < 1.29 is 14.3 Å². The summed E-state index contributed by atoms with van der Waals surface area (Å²) >= 11 is 5.77. The first-order valence-corrected chi connectivity index (χ1v) is 6.34. The Morgan fingerprint density at radius 1 is 1.37 bits per heavy atom. The molecule has 1 amide bonds.